The van der Waals surface area contributed by atoms with Crippen LogP contribution in [0.2, 0.25) is 0 Å². The average Bonchev–Trinajstić information content (AvgIpc) is 3.12. The Hall–Kier alpha value is -2.16. The Morgan fingerprint density at radius 2 is 1.94 bits per heavy atom. The normalized spacial score (nSPS) is 16.4. The molecule has 1 aliphatic rings. The Balaban J connectivity index is 2.07. The number of hydrogen-bond acceptors (Lipinski definition) is 5. The molecule has 0 bridgehead atoms. The molecular formula is C26H40FN3O4. The fourth-order valence-electron chi connectivity index (χ4n) is 4.80. The third kappa shape index (κ3) is 6.29. The number of carbonyl (C=O) groups is 1. The average molecular weight is 478 g/mol. The number of aromatic nitrogens is 1. The first-order valence-corrected chi connectivity index (χ1v) is 12.4. The highest BCUT2D eigenvalue weighted by molar-refractivity contribution is 6.04. The molecule has 8 heteroatoms. The summed E-state index contributed by atoms with van der Waals surface area (Å²) < 4.78 is 32.9. The standard InChI is InChI=1S/C26H40FN3O4/c1-19(2)30(21-9-7-12-28-18-21)26(31)24-25(34-16-8-15-33-4)22-17-20(27)10-11-23(22)29(24)13-5-6-14-32-3/h10-11,17,19,21,28H,5-9,12-16,18H2,1-4H3/t21-/m1/s1. The lowest BCUT2D eigenvalue weighted by Gasteiger charge is -2.38. The van der Waals surface area contributed by atoms with Crippen LogP contribution in [0.3, 0.4) is 0 Å². The van der Waals surface area contributed by atoms with E-state index < -0.39 is 0 Å². The highest BCUT2D eigenvalue weighted by Gasteiger charge is 2.34. The summed E-state index contributed by atoms with van der Waals surface area (Å²) in [7, 11) is 3.34. The van der Waals surface area contributed by atoms with Gasteiger partial charge in [-0.15, -0.1) is 0 Å². The molecule has 1 atom stereocenters. The Morgan fingerprint density at radius 3 is 2.62 bits per heavy atom. The number of hydrogen-bond donors (Lipinski definition) is 1. The van der Waals surface area contributed by atoms with Gasteiger partial charge in [-0.25, -0.2) is 4.39 Å². The third-order valence-corrected chi connectivity index (χ3v) is 6.36. The largest absolute Gasteiger partial charge is 0.490 e. The first-order valence-electron chi connectivity index (χ1n) is 12.4. The molecule has 1 saturated heterocycles. The van der Waals surface area contributed by atoms with Gasteiger partial charge in [-0.1, -0.05) is 0 Å². The lowest BCUT2D eigenvalue weighted by Crippen LogP contribution is -2.52. The van der Waals surface area contributed by atoms with Gasteiger partial charge in [0, 0.05) is 64.4 Å². The lowest BCUT2D eigenvalue weighted by atomic mass is 10.0. The van der Waals surface area contributed by atoms with Gasteiger partial charge in [0.1, 0.15) is 5.82 Å². The van der Waals surface area contributed by atoms with Gasteiger partial charge >= 0.3 is 0 Å². The number of aryl methyl sites for hydroxylation is 1. The van der Waals surface area contributed by atoms with Crippen molar-refractivity contribution in [3.05, 3.63) is 29.7 Å². The Kier molecular flexibility index (Phi) is 10.2. The number of fused-ring (bicyclic) bond motifs is 1. The van der Waals surface area contributed by atoms with Gasteiger partial charge in [0.2, 0.25) is 0 Å². The van der Waals surface area contributed by atoms with Crippen LogP contribution in [0.5, 0.6) is 5.75 Å². The summed E-state index contributed by atoms with van der Waals surface area (Å²) in [6, 6.07) is 4.81. The van der Waals surface area contributed by atoms with Crippen molar-refractivity contribution in [3.63, 3.8) is 0 Å². The molecule has 1 fully saturated rings. The van der Waals surface area contributed by atoms with E-state index in [0.29, 0.717) is 49.6 Å². The van der Waals surface area contributed by atoms with E-state index in [0.717, 1.165) is 44.3 Å². The van der Waals surface area contributed by atoms with E-state index in [9.17, 15) is 9.18 Å². The molecule has 190 valence electrons. The lowest BCUT2D eigenvalue weighted by molar-refractivity contribution is 0.0557. The number of carbonyl (C=O) groups excluding carboxylic acids is 1. The maximum Gasteiger partial charge on any atom is 0.274 e. The summed E-state index contributed by atoms with van der Waals surface area (Å²) in [5, 5.41) is 4.06. The Bertz CT molecular complexity index is 924. The molecule has 7 nitrogen and oxygen atoms in total. The molecule has 0 radical (unpaired) electrons. The predicted molar refractivity (Wildman–Crippen MR) is 132 cm³/mol. The Labute approximate surface area is 202 Å². The van der Waals surface area contributed by atoms with E-state index in [2.05, 4.69) is 19.2 Å². The zero-order valence-corrected chi connectivity index (χ0v) is 21.1. The third-order valence-electron chi connectivity index (χ3n) is 6.36. The number of ether oxygens (including phenoxy) is 3. The molecule has 1 aromatic heterocycles. The van der Waals surface area contributed by atoms with E-state index in [-0.39, 0.29) is 23.8 Å². The Morgan fingerprint density at radius 1 is 1.18 bits per heavy atom. The highest BCUT2D eigenvalue weighted by atomic mass is 19.1. The van der Waals surface area contributed by atoms with Gasteiger partial charge in [0.15, 0.2) is 11.4 Å². The summed E-state index contributed by atoms with van der Waals surface area (Å²) >= 11 is 0. The van der Waals surface area contributed by atoms with Crippen molar-refractivity contribution in [2.45, 2.75) is 64.6 Å². The van der Waals surface area contributed by atoms with Crippen LogP contribution >= 0.6 is 0 Å². The highest BCUT2D eigenvalue weighted by Crippen LogP contribution is 2.36. The number of nitrogens with zero attached hydrogens (tertiary/aromatic N) is 2. The van der Waals surface area contributed by atoms with Gasteiger partial charge < -0.3 is 29.0 Å². The van der Waals surface area contributed by atoms with Crippen LogP contribution < -0.4 is 10.1 Å². The molecule has 0 saturated carbocycles. The number of benzene rings is 1. The smallest absolute Gasteiger partial charge is 0.274 e. The molecule has 34 heavy (non-hydrogen) atoms. The molecule has 1 aromatic carbocycles. The van der Waals surface area contributed by atoms with Gasteiger partial charge in [-0.05, 0) is 64.3 Å². The summed E-state index contributed by atoms with van der Waals surface area (Å²) in [5.74, 6) is 0.0625. The van der Waals surface area contributed by atoms with Crippen LogP contribution in [0.4, 0.5) is 4.39 Å². The van der Waals surface area contributed by atoms with Crippen molar-refractivity contribution in [1.29, 1.82) is 0 Å². The van der Waals surface area contributed by atoms with E-state index >= 15 is 0 Å². The number of nitrogens with one attached hydrogen (secondary N) is 1. The van der Waals surface area contributed by atoms with Gasteiger partial charge in [-0.2, -0.15) is 0 Å². The van der Waals surface area contributed by atoms with E-state index in [4.69, 9.17) is 14.2 Å². The summed E-state index contributed by atoms with van der Waals surface area (Å²) in [4.78, 5) is 16.2. The van der Waals surface area contributed by atoms with Crippen molar-refractivity contribution in [2.75, 3.05) is 47.1 Å². The van der Waals surface area contributed by atoms with Gasteiger partial charge in [-0.3, -0.25) is 4.79 Å². The van der Waals surface area contributed by atoms with Crippen molar-refractivity contribution >= 4 is 16.8 Å². The topological polar surface area (TPSA) is 65.0 Å². The van der Waals surface area contributed by atoms with E-state index in [1.807, 2.05) is 9.47 Å². The number of rotatable bonds is 13. The molecule has 1 amide bonds. The second-order valence-corrected chi connectivity index (χ2v) is 9.19. The second-order valence-electron chi connectivity index (χ2n) is 9.19. The number of unbranched alkanes of at least 4 members (excludes halogenated alkanes) is 1. The van der Waals surface area contributed by atoms with Crippen molar-refractivity contribution in [3.8, 4) is 5.75 Å². The maximum atomic E-state index is 14.3. The summed E-state index contributed by atoms with van der Waals surface area (Å²) in [6.07, 6.45) is 4.39. The number of amides is 1. The molecule has 2 heterocycles. The van der Waals surface area contributed by atoms with Crippen LogP contribution in [0.25, 0.3) is 10.9 Å². The predicted octanol–water partition coefficient (Wildman–Crippen LogP) is 4.22. The first kappa shape index (κ1) is 26.4. The van der Waals surface area contributed by atoms with Crippen LogP contribution in [-0.4, -0.2) is 74.6 Å². The van der Waals surface area contributed by atoms with Gasteiger partial charge in [0.05, 0.1) is 12.1 Å². The molecule has 2 aromatic rings. The number of methoxy groups -OCH3 is 2. The minimum Gasteiger partial charge on any atom is -0.490 e. The van der Waals surface area contributed by atoms with Crippen molar-refractivity contribution < 1.29 is 23.4 Å². The molecule has 0 spiro atoms. The molecular weight excluding hydrogens is 437 g/mol. The monoisotopic (exact) mass is 477 g/mol. The van der Waals surface area contributed by atoms with E-state index in [1.165, 1.54) is 12.1 Å². The minimum absolute atomic E-state index is 0.0235. The molecule has 1 N–H and O–H groups in total. The van der Waals surface area contributed by atoms with Crippen molar-refractivity contribution in [1.82, 2.24) is 14.8 Å². The second kappa shape index (κ2) is 13.1. The molecule has 0 unspecified atom stereocenters. The minimum atomic E-state index is -0.345. The summed E-state index contributed by atoms with van der Waals surface area (Å²) in [5.41, 5.74) is 1.32. The molecule has 0 aliphatic carbocycles. The fourth-order valence-corrected chi connectivity index (χ4v) is 4.80. The van der Waals surface area contributed by atoms with Crippen LogP contribution in [-0.2, 0) is 16.0 Å². The maximum absolute atomic E-state index is 14.3. The van der Waals surface area contributed by atoms with Gasteiger partial charge in [0.25, 0.3) is 5.91 Å². The van der Waals surface area contributed by atoms with E-state index in [1.54, 1.807) is 20.3 Å². The summed E-state index contributed by atoms with van der Waals surface area (Å²) in [6.45, 7) is 8.08. The molecule has 3 rings (SSSR count). The zero-order chi connectivity index (χ0) is 24.5. The zero-order valence-electron chi connectivity index (χ0n) is 21.1. The van der Waals surface area contributed by atoms with Crippen LogP contribution in [0.15, 0.2) is 18.2 Å². The first-order chi connectivity index (χ1) is 16.5. The van der Waals surface area contributed by atoms with Crippen LogP contribution in [0, 0.1) is 5.82 Å². The molecule has 1 aliphatic heterocycles. The quantitative estimate of drug-likeness (QED) is 0.438. The number of piperidine rings is 1. The number of halogens is 1. The van der Waals surface area contributed by atoms with Crippen LogP contribution in [0.1, 0.15) is 56.4 Å². The SMILES string of the molecule is COCCCCn1c(C(=O)N(C(C)C)[C@@H]2CCCNC2)c(OCCCOC)c2cc(F)ccc21. The fraction of sp³-hybridized carbons (Fsp3) is 0.654. The van der Waals surface area contributed by atoms with Crippen molar-refractivity contribution in [2.24, 2.45) is 0 Å².